The molecule has 1 aromatic rings. The Labute approximate surface area is 102 Å². The molecule has 0 amide bonds. The Morgan fingerprint density at radius 3 is 2.62 bits per heavy atom. The van der Waals surface area contributed by atoms with Crippen LogP contribution in [-0.4, -0.2) is 20.3 Å². The minimum Gasteiger partial charge on any atom is -0.383 e. The summed E-state index contributed by atoms with van der Waals surface area (Å²) in [6.07, 6.45) is 2.65. The summed E-state index contributed by atoms with van der Waals surface area (Å²) >= 11 is 5.90. The van der Waals surface area contributed by atoms with Gasteiger partial charge in [0.1, 0.15) is 0 Å². The number of ether oxygens (including phenoxy) is 1. The predicted octanol–water partition coefficient (Wildman–Crippen LogP) is 3.03. The van der Waals surface area contributed by atoms with Crippen LogP contribution in [0.1, 0.15) is 24.4 Å². The van der Waals surface area contributed by atoms with Crippen LogP contribution in [0.5, 0.6) is 0 Å². The average molecular weight is 240 g/mol. The number of nitrogens with one attached hydrogen (secondary N) is 1. The first kappa shape index (κ1) is 11.9. The second-order valence-corrected chi connectivity index (χ2v) is 4.75. The van der Waals surface area contributed by atoms with Gasteiger partial charge in [-0.15, -0.1) is 0 Å². The summed E-state index contributed by atoms with van der Waals surface area (Å²) in [6.45, 7) is 1.66. The molecule has 1 aromatic carbocycles. The van der Waals surface area contributed by atoms with Gasteiger partial charge in [-0.1, -0.05) is 23.7 Å². The van der Waals surface area contributed by atoms with Crippen molar-refractivity contribution < 1.29 is 4.74 Å². The molecule has 0 aliphatic heterocycles. The van der Waals surface area contributed by atoms with Gasteiger partial charge in [-0.05, 0) is 36.5 Å². The van der Waals surface area contributed by atoms with E-state index >= 15 is 0 Å². The normalized spacial score (nSPS) is 17.4. The number of halogens is 1. The van der Waals surface area contributed by atoms with E-state index in [-0.39, 0.29) is 0 Å². The fourth-order valence-electron chi connectivity index (χ4n) is 1.97. The molecule has 0 radical (unpaired) electrons. The molecule has 1 fully saturated rings. The molecule has 1 aliphatic carbocycles. The Bertz CT molecular complexity index is 321. The van der Waals surface area contributed by atoms with Gasteiger partial charge < -0.3 is 10.1 Å². The molecule has 2 rings (SSSR count). The van der Waals surface area contributed by atoms with E-state index in [1.54, 1.807) is 7.11 Å². The van der Waals surface area contributed by atoms with Crippen molar-refractivity contribution in [3.63, 3.8) is 0 Å². The van der Waals surface area contributed by atoms with Gasteiger partial charge in [0.15, 0.2) is 0 Å². The summed E-state index contributed by atoms with van der Waals surface area (Å²) in [5.74, 6) is 0.790. The molecule has 0 heterocycles. The topological polar surface area (TPSA) is 21.3 Å². The molecule has 1 aliphatic rings. The summed E-state index contributed by atoms with van der Waals surface area (Å²) in [5, 5.41) is 4.35. The van der Waals surface area contributed by atoms with Crippen LogP contribution in [-0.2, 0) is 4.74 Å². The van der Waals surface area contributed by atoms with Crippen LogP contribution < -0.4 is 5.32 Å². The molecule has 1 unspecified atom stereocenters. The Kier molecular flexibility index (Phi) is 4.22. The lowest BCUT2D eigenvalue weighted by Crippen LogP contribution is -2.26. The lowest BCUT2D eigenvalue weighted by atomic mass is 10.0. The van der Waals surface area contributed by atoms with Crippen molar-refractivity contribution in [2.75, 3.05) is 20.3 Å². The van der Waals surface area contributed by atoms with E-state index < -0.39 is 0 Å². The van der Waals surface area contributed by atoms with Crippen molar-refractivity contribution in [1.29, 1.82) is 0 Å². The van der Waals surface area contributed by atoms with Crippen molar-refractivity contribution in [2.24, 2.45) is 5.92 Å². The quantitative estimate of drug-likeness (QED) is 0.771. The van der Waals surface area contributed by atoms with Crippen LogP contribution in [0.4, 0.5) is 0 Å². The number of rotatable bonds is 6. The van der Waals surface area contributed by atoms with E-state index in [0.29, 0.717) is 6.04 Å². The minimum absolute atomic E-state index is 0.465. The van der Waals surface area contributed by atoms with Gasteiger partial charge in [0, 0.05) is 24.7 Å². The zero-order valence-corrected chi connectivity index (χ0v) is 10.3. The Morgan fingerprint density at radius 2 is 2.06 bits per heavy atom. The zero-order chi connectivity index (χ0) is 11.4. The van der Waals surface area contributed by atoms with Gasteiger partial charge in [-0.3, -0.25) is 0 Å². The highest BCUT2D eigenvalue weighted by molar-refractivity contribution is 6.30. The fraction of sp³-hybridized carbons (Fsp3) is 0.538. The second-order valence-electron chi connectivity index (χ2n) is 4.31. The maximum Gasteiger partial charge on any atom is 0.0587 e. The first-order chi connectivity index (χ1) is 7.81. The van der Waals surface area contributed by atoms with Crippen molar-refractivity contribution in [1.82, 2.24) is 5.32 Å². The van der Waals surface area contributed by atoms with Crippen molar-refractivity contribution in [2.45, 2.75) is 18.9 Å². The van der Waals surface area contributed by atoms with Gasteiger partial charge in [-0.2, -0.15) is 0 Å². The molecule has 1 saturated carbocycles. The van der Waals surface area contributed by atoms with E-state index in [0.717, 1.165) is 24.1 Å². The van der Waals surface area contributed by atoms with Crippen molar-refractivity contribution in [3.8, 4) is 0 Å². The monoisotopic (exact) mass is 239 g/mol. The van der Waals surface area contributed by atoms with Crippen molar-refractivity contribution >= 4 is 11.6 Å². The molecule has 0 saturated heterocycles. The third-order valence-electron chi connectivity index (χ3n) is 2.99. The number of hydrogen-bond donors (Lipinski definition) is 1. The van der Waals surface area contributed by atoms with Crippen LogP contribution in [0.15, 0.2) is 24.3 Å². The molecule has 88 valence electrons. The van der Waals surface area contributed by atoms with E-state index in [9.17, 15) is 0 Å². The van der Waals surface area contributed by atoms with E-state index in [1.165, 1.54) is 18.4 Å². The van der Waals surface area contributed by atoms with Crippen molar-refractivity contribution in [3.05, 3.63) is 34.9 Å². The molecule has 0 aromatic heterocycles. The minimum atomic E-state index is 0.465. The van der Waals surface area contributed by atoms with Crippen LogP contribution in [0.2, 0.25) is 5.02 Å². The number of methoxy groups -OCH3 is 1. The van der Waals surface area contributed by atoms with Gasteiger partial charge in [-0.25, -0.2) is 0 Å². The molecule has 1 N–H and O–H groups in total. The summed E-state index contributed by atoms with van der Waals surface area (Å²) in [6, 6.07) is 8.62. The maximum absolute atomic E-state index is 5.90. The highest BCUT2D eigenvalue weighted by atomic mass is 35.5. The molecule has 2 nitrogen and oxygen atoms in total. The summed E-state index contributed by atoms with van der Waals surface area (Å²) in [7, 11) is 1.73. The molecular weight excluding hydrogens is 222 g/mol. The fourth-order valence-corrected chi connectivity index (χ4v) is 2.10. The number of hydrogen-bond acceptors (Lipinski definition) is 2. The number of benzene rings is 1. The SMILES string of the molecule is COCCNC(c1ccc(Cl)cc1)C1CC1. The third-order valence-corrected chi connectivity index (χ3v) is 3.24. The largest absolute Gasteiger partial charge is 0.383 e. The van der Waals surface area contributed by atoms with Crippen LogP contribution >= 0.6 is 11.6 Å². The van der Waals surface area contributed by atoms with Gasteiger partial charge in [0.2, 0.25) is 0 Å². The van der Waals surface area contributed by atoms with E-state index in [4.69, 9.17) is 16.3 Å². The maximum atomic E-state index is 5.90. The summed E-state index contributed by atoms with van der Waals surface area (Å²) in [4.78, 5) is 0. The summed E-state index contributed by atoms with van der Waals surface area (Å²) < 4.78 is 5.06. The predicted molar refractivity (Wildman–Crippen MR) is 66.8 cm³/mol. The zero-order valence-electron chi connectivity index (χ0n) is 9.58. The molecule has 1 atom stereocenters. The molecular formula is C13H18ClNO. The van der Waals surface area contributed by atoms with Gasteiger partial charge >= 0.3 is 0 Å². The summed E-state index contributed by atoms with van der Waals surface area (Å²) in [5.41, 5.74) is 1.34. The van der Waals surface area contributed by atoms with Gasteiger partial charge in [0.25, 0.3) is 0 Å². The Balaban J connectivity index is 1.98. The van der Waals surface area contributed by atoms with Crippen LogP contribution in [0.3, 0.4) is 0 Å². The van der Waals surface area contributed by atoms with E-state index in [2.05, 4.69) is 17.4 Å². The van der Waals surface area contributed by atoms with E-state index in [1.807, 2.05) is 12.1 Å². The van der Waals surface area contributed by atoms with Crippen LogP contribution in [0.25, 0.3) is 0 Å². The first-order valence-corrected chi connectivity index (χ1v) is 6.17. The Morgan fingerprint density at radius 1 is 1.38 bits per heavy atom. The average Bonchev–Trinajstić information content (AvgIpc) is 3.10. The molecule has 0 bridgehead atoms. The molecule has 0 spiro atoms. The second kappa shape index (κ2) is 5.67. The highest BCUT2D eigenvalue weighted by Gasteiger charge is 2.31. The third kappa shape index (κ3) is 3.21. The molecule has 3 heteroatoms. The smallest absolute Gasteiger partial charge is 0.0587 e. The lowest BCUT2D eigenvalue weighted by molar-refractivity contribution is 0.194. The standard InChI is InChI=1S/C13H18ClNO/c1-16-9-8-15-13(10-2-3-10)11-4-6-12(14)7-5-11/h4-7,10,13,15H,2-3,8-9H2,1H3. The molecule has 16 heavy (non-hydrogen) atoms. The highest BCUT2D eigenvalue weighted by Crippen LogP contribution is 2.41. The van der Waals surface area contributed by atoms with Gasteiger partial charge in [0.05, 0.1) is 6.61 Å². The first-order valence-electron chi connectivity index (χ1n) is 5.79. The Hall–Kier alpha value is -0.570. The lowest BCUT2D eigenvalue weighted by Gasteiger charge is -2.18. The van der Waals surface area contributed by atoms with Crippen LogP contribution in [0, 0.1) is 5.92 Å².